The number of ketones is 1. The highest BCUT2D eigenvalue weighted by Gasteiger charge is 2.24. The molecule has 0 bridgehead atoms. The normalized spacial score (nSPS) is 16.4. The van der Waals surface area contributed by atoms with E-state index < -0.39 is 0 Å². The summed E-state index contributed by atoms with van der Waals surface area (Å²) in [5.41, 5.74) is 6.63. The van der Waals surface area contributed by atoms with Crippen molar-refractivity contribution in [3.05, 3.63) is 23.8 Å². The lowest BCUT2D eigenvalue weighted by Gasteiger charge is -2.26. The van der Waals surface area contributed by atoms with Gasteiger partial charge in [0.25, 0.3) is 0 Å². The van der Waals surface area contributed by atoms with Crippen molar-refractivity contribution in [3.63, 3.8) is 0 Å². The van der Waals surface area contributed by atoms with Gasteiger partial charge in [0.2, 0.25) is 0 Å². The number of fused-ring (bicyclic) bond motifs is 1. The first-order chi connectivity index (χ1) is 9.38. The molecular formula is C16H23NO3. The molecule has 1 aliphatic heterocycles. The molecule has 2 N–H and O–H groups in total. The largest absolute Gasteiger partial charge is 0.490 e. The molecule has 1 atom stereocenters. The Morgan fingerprint density at radius 3 is 2.55 bits per heavy atom. The molecule has 110 valence electrons. The molecule has 1 aliphatic rings. The van der Waals surface area contributed by atoms with Gasteiger partial charge in [-0.15, -0.1) is 0 Å². The Kier molecular flexibility index (Phi) is 4.33. The number of hydrogen-bond acceptors (Lipinski definition) is 4. The summed E-state index contributed by atoms with van der Waals surface area (Å²) < 4.78 is 11.2. The first-order valence-electron chi connectivity index (χ1n) is 7.06. The smallest absolute Gasteiger partial charge is 0.164 e. The number of nitrogens with two attached hydrogens (primary N) is 1. The van der Waals surface area contributed by atoms with Crippen LogP contribution in [0.1, 0.15) is 44.0 Å². The van der Waals surface area contributed by atoms with Gasteiger partial charge in [0, 0.05) is 24.4 Å². The Morgan fingerprint density at radius 2 is 1.90 bits per heavy atom. The first-order valence-corrected chi connectivity index (χ1v) is 7.06. The number of Topliss-reactive ketones (excluding diaryl/α,β-unsaturated/α-hetero) is 1. The molecule has 2 rings (SSSR count). The van der Waals surface area contributed by atoms with Gasteiger partial charge in [-0.2, -0.15) is 0 Å². The van der Waals surface area contributed by atoms with Crippen molar-refractivity contribution in [2.45, 2.75) is 39.7 Å². The van der Waals surface area contributed by atoms with Crippen molar-refractivity contribution in [1.29, 1.82) is 0 Å². The summed E-state index contributed by atoms with van der Waals surface area (Å²) in [5, 5.41) is 0. The SMILES string of the molecule is CC(C)(C)C(N)CC(=O)c1ccc2c(c1)OCCCO2. The lowest BCUT2D eigenvalue weighted by atomic mass is 9.83. The van der Waals surface area contributed by atoms with E-state index >= 15 is 0 Å². The van der Waals surface area contributed by atoms with Crippen LogP contribution in [-0.2, 0) is 0 Å². The minimum absolute atomic E-state index is 0.0445. The van der Waals surface area contributed by atoms with Crippen molar-refractivity contribution in [1.82, 2.24) is 0 Å². The Morgan fingerprint density at radius 1 is 1.25 bits per heavy atom. The molecule has 1 heterocycles. The van der Waals surface area contributed by atoms with E-state index in [1.807, 2.05) is 20.8 Å². The molecule has 0 saturated heterocycles. The Labute approximate surface area is 120 Å². The molecule has 0 radical (unpaired) electrons. The van der Waals surface area contributed by atoms with Gasteiger partial charge in [0.15, 0.2) is 17.3 Å². The van der Waals surface area contributed by atoms with Gasteiger partial charge in [0.05, 0.1) is 13.2 Å². The third-order valence-corrected chi connectivity index (χ3v) is 3.59. The maximum atomic E-state index is 12.3. The summed E-state index contributed by atoms with van der Waals surface area (Å²) >= 11 is 0. The summed E-state index contributed by atoms with van der Waals surface area (Å²) in [7, 11) is 0. The highest BCUT2D eigenvalue weighted by atomic mass is 16.5. The number of carbonyl (C=O) groups is 1. The molecule has 0 aliphatic carbocycles. The topological polar surface area (TPSA) is 61.6 Å². The van der Waals surface area contributed by atoms with Gasteiger partial charge in [0.1, 0.15) is 0 Å². The van der Waals surface area contributed by atoms with E-state index in [9.17, 15) is 4.79 Å². The van der Waals surface area contributed by atoms with Gasteiger partial charge >= 0.3 is 0 Å². The van der Waals surface area contributed by atoms with Crippen LogP contribution in [0.15, 0.2) is 18.2 Å². The van der Waals surface area contributed by atoms with E-state index in [1.165, 1.54) is 0 Å². The number of rotatable bonds is 3. The minimum Gasteiger partial charge on any atom is -0.490 e. The van der Waals surface area contributed by atoms with Crippen molar-refractivity contribution in [2.24, 2.45) is 11.1 Å². The summed E-state index contributed by atoms with van der Waals surface area (Å²) in [4.78, 5) is 12.3. The van der Waals surface area contributed by atoms with E-state index in [0.29, 0.717) is 36.7 Å². The standard InChI is InChI=1S/C16H23NO3/c1-16(2,3)15(17)10-12(18)11-5-6-13-14(9-11)20-8-4-7-19-13/h5-6,9,15H,4,7-8,10,17H2,1-3H3. The molecule has 0 saturated carbocycles. The van der Waals surface area contributed by atoms with Crippen molar-refractivity contribution in [3.8, 4) is 11.5 Å². The zero-order valence-electron chi connectivity index (χ0n) is 12.4. The maximum absolute atomic E-state index is 12.3. The van der Waals surface area contributed by atoms with Crippen LogP contribution in [0.4, 0.5) is 0 Å². The molecule has 1 unspecified atom stereocenters. The third kappa shape index (κ3) is 3.51. The second-order valence-electron chi connectivity index (χ2n) is 6.31. The van der Waals surface area contributed by atoms with E-state index in [-0.39, 0.29) is 17.2 Å². The number of carbonyl (C=O) groups excluding carboxylic acids is 1. The van der Waals surface area contributed by atoms with Crippen LogP contribution >= 0.6 is 0 Å². The molecule has 1 aromatic rings. The molecule has 0 fully saturated rings. The maximum Gasteiger partial charge on any atom is 0.164 e. The minimum atomic E-state index is -0.161. The van der Waals surface area contributed by atoms with Crippen LogP contribution in [0.3, 0.4) is 0 Å². The summed E-state index contributed by atoms with van der Waals surface area (Å²) in [6, 6.07) is 5.19. The summed E-state index contributed by atoms with van der Waals surface area (Å²) in [6.07, 6.45) is 1.19. The van der Waals surface area contributed by atoms with E-state index in [1.54, 1.807) is 18.2 Å². The Bertz CT molecular complexity index is 491. The average molecular weight is 277 g/mol. The van der Waals surface area contributed by atoms with Crippen LogP contribution in [0.2, 0.25) is 0 Å². The monoisotopic (exact) mass is 277 g/mol. The lowest BCUT2D eigenvalue weighted by molar-refractivity contribution is 0.0953. The number of ether oxygens (including phenoxy) is 2. The quantitative estimate of drug-likeness (QED) is 0.863. The zero-order valence-corrected chi connectivity index (χ0v) is 12.4. The summed E-state index contributed by atoms with van der Waals surface area (Å²) in [5.74, 6) is 1.40. The van der Waals surface area contributed by atoms with Crippen LogP contribution in [0, 0.1) is 5.41 Å². The molecule has 4 nitrogen and oxygen atoms in total. The molecule has 0 amide bonds. The van der Waals surface area contributed by atoms with Crippen LogP contribution in [0.25, 0.3) is 0 Å². The van der Waals surface area contributed by atoms with Gasteiger partial charge in [-0.25, -0.2) is 0 Å². The van der Waals surface area contributed by atoms with E-state index in [0.717, 1.165) is 6.42 Å². The third-order valence-electron chi connectivity index (χ3n) is 3.59. The van der Waals surface area contributed by atoms with Crippen LogP contribution in [0.5, 0.6) is 11.5 Å². The van der Waals surface area contributed by atoms with Crippen molar-refractivity contribution in [2.75, 3.05) is 13.2 Å². The molecule has 4 heteroatoms. The highest BCUT2D eigenvalue weighted by molar-refractivity contribution is 5.97. The van der Waals surface area contributed by atoms with Crippen molar-refractivity contribution < 1.29 is 14.3 Å². The average Bonchev–Trinajstić information content (AvgIpc) is 2.61. The molecule has 20 heavy (non-hydrogen) atoms. The molecule has 0 aromatic heterocycles. The Hall–Kier alpha value is -1.55. The van der Waals surface area contributed by atoms with Gasteiger partial charge in [-0.1, -0.05) is 20.8 Å². The zero-order chi connectivity index (χ0) is 14.8. The second-order valence-corrected chi connectivity index (χ2v) is 6.31. The van der Waals surface area contributed by atoms with Crippen molar-refractivity contribution >= 4 is 5.78 Å². The fourth-order valence-corrected chi connectivity index (χ4v) is 1.96. The van der Waals surface area contributed by atoms with Gasteiger partial charge in [-0.3, -0.25) is 4.79 Å². The predicted molar refractivity (Wildman–Crippen MR) is 78.4 cm³/mol. The predicted octanol–water partition coefficient (Wildman–Crippen LogP) is 2.79. The molecule has 1 aromatic carbocycles. The first kappa shape index (κ1) is 14.9. The second kappa shape index (κ2) is 5.83. The highest BCUT2D eigenvalue weighted by Crippen LogP contribution is 2.31. The van der Waals surface area contributed by atoms with Gasteiger partial charge < -0.3 is 15.2 Å². The van der Waals surface area contributed by atoms with E-state index in [2.05, 4.69) is 0 Å². The lowest BCUT2D eigenvalue weighted by Crippen LogP contribution is -2.36. The number of benzene rings is 1. The molecule has 0 spiro atoms. The molecular weight excluding hydrogens is 254 g/mol. The number of hydrogen-bond donors (Lipinski definition) is 1. The fraction of sp³-hybridized carbons (Fsp3) is 0.562. The van der Waals surface area contributed by atoms with Crippen LogP contribution < -0.4 is 15.2 Å². The Balaban J connectivity index is 2.13. The van der Waals surface area contributed by atoms with E-state index in [4.69, 9.17) is 15.2 Å². The van der Waals surface area contributed by atoms with Gasteiger partial charge in [-0.05, 0) is 23.6 Å². The summed E-state index contributed by atoms with van der Waals surface area (Å²) in [6.45, 7) is 7.39. The van der Waals surface area contributed by atoms with Crippen LogP contribution in [-0.4, -0.2) is 25.0 Å². The fourth-order valence-electron chi connectivity index (χ4n) is 1.96.